The number of nitro groups is 1. The maximum atomic E-state index is 12.4. The molecule has 0 N–H and O–H groups in total. The number of carbonyl (C=O) groups excluding carboxylic acids is 1. The first-order valence-electron chi connectivity index (χ1n) is 7.33. The third-order valence-electron chi connectivity index (χ3n) is 3.34. The number of benzene rings is 1. The first-order valence-corrected chi connectivity index (χ1v) is 7.33. The summed E-state index contributed by atoms with van der Waals surface area (Å²) in [5.41, 5.74) is 0.330. The monoisotopic (exact) mass is 330 g/mol. The Morgan fingerprint density at radius 2 is 2.12 bits per heavy atom. The van der Waals surface area contributed by atoms with Gasteiger partial charge in [-0.1, -0.05) is 12.1 Å². The van der Waals surface area contributed by atoms with Gasteiger partial charge in [-0.05, 0) is 24.3 Å². The van der Waals surface area contributed by atoms with E-state index in [-0.39, 0.29) is 11.6 Å². The van der Waals surface area contributed by atoms with Gasteiger partial charge >= 0.3 is 0 Å². The summed E-state index contributed by atoms with van der Waals surface area (Å²) in [5, 5.41) is 11.0. The molecule has 7 heteroatoms. The maximum absolute atomic E-state index is 12.4. The molecular formula is C17H18N2O5. The van der Waals surface area contributed by atoms with Gasteiger partial charge in [0.25, 0.3) is 5.69 Å². The van der Waals surface area contributed by atoms with E-state index in [1.807, 2.05) is 0 Å². The van der Waals surface area contributed by atoms with Crippen molar-refractivity contribution in [1.82, 2.24) is 4.90 Å². The molecule has 0 saturated carbocycles. The third kappa shape index (κ3) is 4.79. The fourth-order valence-electron chi connectivity index (χ4n) is 2.12. The lowest BCUT2D eigenvalue weighted by atomic mass is 10.1. The zero-order chi connectivity index (χ0) is 17.4. The lowest BCUT2D eigenvalue weighted by Crippen LogP contribution is -2.31. The van der Waals surface area contributed by atoms with Crippen LogP contribution in [0.25, 0.3) is 6.08 Å². The van der Waals surface area contributed by atoms with Crippen LogP contribution in [-0.4, -0.2) is 36.0 Å². The van der Waals surface area contributed by atoms with Gasteiger partial charge in [0.15, 0.2) is 0 Å². The molecule has 0 unspecified atom stereocenters. The van der Waals surface area contributed by atoms with Crippen LogP contribution in [0.15, 0.2) is 53.2 Å². The summed E-state index contributed by atoms with van der Waals surface area (Å²) < 4.78 is 10.3. The number of hydrogen-bond donors (Lipinski definition) is 0. The molecule has 1 amide bonds. The Morgan fingerprint density at radius 3 is 2.79 bits per heavy atom. The van der Waals surface area contributed by atoms with Crippen LogP contribution in [0, 0.1) is 10.1 Å². The number of carbonyl (C=O) groups is 1. The number of methoxy groups -OCH3 is 1. The van der Waals surface area contributed by atoms with Gasteiger partial charge in [-0.25, -0.2) is 0 Å². The van der Waals surface area contributed by atoms with Crippen molar-refractivity contribution >= 4 is 17.7 Å². The molecule has 1 aromatic heterocycles. The topological polar surface area (TPSA) is 85.8 Å². The van der Waals surface area contributed by atoms with E-state index in [1.165, 1.54) is 24.5 Å². The van der Waals surface area contributed by atoms with Crippen LogP contribution in [-0.2, 0) is 16.1 Å². The van der Waals surface area contributed by atoms with E-state index in [0.29, 0.717) is 31.0 Å². The summed E-state index contributed by atoms with van der Waals surface area (Å²) in [6, 6.07) is 9.78. The molecule has 7 nitrogen and oxygen atoms in total. The number of nitro benzene ring substituents is 1. The minimum Gasteiger partial charge on any atom is -0.467 e. The molecule has 1 heterocycles. The molecular weight excluding hydrogens is 312 g/mol. The van der Waals surface area contributed by atoms with Crippen molar-refractivity contribution in [3.05, 3.63) is 70.2 Å². The average molecular weight is 330 g/mol. The Kier molecular flexibility index (Phi) is 6.27. The third-order valence-corrected chi connectivity index (χ3v) is 3.34. The van der Waals surface area contributed by atoms with E-state index in [1.54, 1.807) is 42.3 Å². The van der Waals surface area contributed by atoms with Gasteiger partial charge in [-0.2, -0.15) is 0 Å². The van der Waals surface area contributed by atoms with Gasteiger partial charge in [-0.3, -0.25) is 14.9 Å². The highest BCUT2D eigenvalue weighted by Gasteiger charge is 2.14. The Hall–Kier alpha value is -2.93. The summed E-state index contributed by atoms with van der Waals surface area (Å²) in [4.78, 5) is 24.5. The normalized spacial score (nSPS) is 10.9. The summed E-state index contributed by atoms with van der Waals surface area (Å²) >= 11 is 0. The molecule has 0 bridgehead atoms. The van der Waals surface area contributed by atoms with E-state index < -0.39 is 4.92 Å². The summed E-state index contributed by atoms with van der Waals surface area (Å²) in [7, 11) is 1.55. The van der Waals surface area contributed by atoms with Crippen LogP contribution in [0.5, 0.6) is 0 Å². The predicted octanol–water partition coefficient (Wildman–Crippen LogP) is 2.88. The summed E-state index contributed by atoms with van der Waals surface area (Å²) in [6.07, 6.45) is 4.31. The number of nitrogens with zero attached hydrogens (tertiary/aromatic N) is 2. The molecule has 0 atom stereocenters. The van der Waals surface area contributed by atoms with Crippen LogP contribution in [0.4, 0.5) is 5.69 Å². The van der Waals surface area contributed by atoms with Crippen molar-refractivity contribution in [3.8, 4) is 0 Å². The number of furan rings is 1. The maximum Gasteiger partial charge on any atom is 0.276 e. The van der Waals surface area contributed by atoms with Gasteiger partial charge in [0.1, 0.15) is 5.76 Å². The van der Waals surface area contributed by atoms with E-state index >= 15 is 0 Å². The van der Waals surface area contributed by atoms with Gasteiger partial charge in [0, 0.05) is 25.8 Å². The molecule has 0 fully saturated rings. The molecule has 0 spiro atoms. The van der Waals surface area contributed by atoms with Crippen LogP contribution < -0.4 is 0 Å². The molecule has 126 valence electrons. The van der Waals surface area contributed by atoms with Crippen molar-refractivity contribution in [2.45, 2.75) is 6.54 Å². The average Bonchev–Trinajstić information content (AvgIpc) is 3.09. The summed E-state index contributed by atoms with van der Waals surface area (Å²) in [6.45, 7) is 1.07. The van der Waals surface area contributed by atoms with Gasteiger partial charge in [0.2, 0.25) is 5.91 Å². The predicted molar refractivity (Wildman–Crippen MR) is 88.1 cm³/mol. The van der Waals surface area contributed by atoms with Gasteiger partial charge < -0.3 is 14.1 Å². The van der Waals surface area contributed by atoms with Crippen molar-refractivity contribution in [2.75, 3.05) is 20.3 Å². The Balaban J connectivity index is 2.13. The molecule has 2 rings (SSSR count). The fourth-order valence-corrected chi connectivity index (χ4v) is 2.12. The number of rotatable bonds is 8. The number of hydrogen-bond acceptors (Lipinski definition) is 5. The van der Waals surface area contributed by atoms with Crippen LogP contribution >= 0.6 is 0 Å². The van der Waals surface area contributed by atoms with Crippen LogP contribution in [0.2, 0.25) is 0 Å². The highest BCUT2D eigenvalue weighted by Crippen LogP contribution is 2.19. The van der Waals surface area contributed by atoms with E-state index in [2.05, 4.69) is 0 Å². The molecule has 0 aliphatic rings. The second-order valence-electron chi connectivity index (χ2n) is 4.98. The first-order chi connectivity index (χ1) is 11.6. The fraction of sp³-hybridized carbons (Fsp3) is 0.235. The van der Waals surface area contributed by atoms with Crippen LogP contribution in [0.3, 0.4) is 0 Å². The van der Waals surface area contributed by atoms with E-state index in [4.69, 9.17) is 9.15 Å². The zero-order valence-electron chi connectivity index (χ0n) is 13.3. The van der Waals surface area contributed by atoms with Gasteiger partial charge in [0.05, 0.1) is 29.9 Å². The van der Waals surface area contributed by atoms with Crippen molar-refractivity contribution in [1.29, 1.82) is 0 Å². The highest BCUT2D eigenvalue weighted by atomic mass is 16.6. The molecule has 0 radical (unpaired) electrons. The molecule has 0 aliphatic carbocycles. The summed E-state index contributed by atoms with van der Waals surface area (Å²) in [5.74, 6) is 0.375. The largest absolute Gasteiger partial charge is 0.467 e. The minimum absolute atomic E-state index is 0.0453. The quantitative estimate of drug-likeness (QED) is 0.422. The first kappa shape index (κ1) is 17.4. The zero-order valence-corrected chi connectivity index (χ0v) is 13.3. The minimum atomic E-state index is -0.476. The second-order valence-corrected chi connectivity index (χ2v) is 4.98. The number of para-hydroxylation sites is 1. The second kappa shape index (κ2) is 8.64. The number of ether oxygens (including phenoxy) is 1. The Morgan fingerprint density at radius 1 is 1.33 bits per heavy atom. The standard InChI is InChI=1S/C17H18N2O5/c1-23-12-10-18(13-15-6-4-11-24-15)17(20)9-8-14-5-2-3-7-16(14)19(21)22/h2-9,11H,10,12-13H2,1H3/b9-8+. The lowest BCUT2D eigenvalue weighted by Gasteiger charge is -2.19. The lowest BCUT2D eigenvalue weighted by molar-refractivity contribution is -0.385. The molecule has 2 aromatic rings. The van der Waals surface area contributed by atoms with Crippen molar-refractivity contribution < 1.29 is 18.9 Å². The smallest absolute Gasteiger partial charge is 0.276 e. The van der Waals surface area contributed by atoms with E-state index in [9.17, 15) is 14.9 Å². The number of amides is 1. The van der Waals surface area contributed by atoms with Crippen molar-refractivity contribution in [2.24, 2.45) is 0 Å². The van der Waals surface area contributed by atoms with Crippen LogP contribution in [0.1, 0.15) is 11.3 Å². The van der Waals surface area contributed by atoms with Crippen molar-refractivity contribution in [3.63, 3.8) is 0 Å². The Labute approximate surface area is 139 Å². The van der Waals surface area contributed by atoms with E-state index in [0.717, 1.165) is 0 Å². The molecule has 1 aromatic carbocycles. The highest BCUT2D eigenvalue weighted by molar-refractivity contribution is 5.92. The Bertz CT molecular complexity index is 710. The SMILES string of the molecule is COCCN(Cc1ccco1)C(=O)/C=C/c1ccccc1[N+](=O)[O-]. The molecule has 24 heavy (non-hydrogen) atoms. The van der Waals surface area contributed by atoms with Gasteiger partial charge in [-0.15, -0.1) is 0 Å². The molecule has 0 aliphatic heterocycles. The molecule has 0 saturated heterocycles.